The molecule has 8 nitrogen and oxygen atoms in total. The van der Waals surface area contributed by atoms with E-state index in [1.54, 1.807) is 31.3 Å². The number of rotatable bonds is 4. The Hall–Kier alpha value is -4.33. The van der Waals surface area contributed by atoms with Crippen LogP contribution in [0.3, 0.4) is 0 Å². The highest BCUT2D eigenvalue weighted by Crippen LogP contribution is 2.39. The highest BCUT2D eigenvalue weighted by atomic mass is 16.6. The number of ketones is 1. The van der Waals surface area contributed by atoms with Crippen molar-refractivity contribution in [2.45, 2.75) is 6.92 Å². The molecule has 148 valence electrons. The van der Waals surface area contributed by atoms with E-state index in [9.17, 15) is 19.7 Å². The van der Waals surface area contributed by atoms with E-state index in [2.05, 4.69) is 4.98 Å². The maximum Gasteiger partial charge on any atom is 0.345 e. The highest BCUT2D eigenvalue weighted by molar-refractivity contribution is 6.15. The smallest absolute Gasteiger partial charge is 0.345 e. The number of non-ortho nitro benzene ring substituents is 1. The molecule has 3 aromatic rings. The van der Waals surface area contributed by atoms with Crippen LogP contribution in [0.1, 0.15) is 31.8 Å². The predicted molar refractivity (Wildman–Crippen MR) is 106 cm³/mol. The van der Waals surface area contributed by atoms with Crippen molar-refractivity contribution in [3.05, 3.63) is 99.1 Å². The number of fused-ring (bicyclic) bond motifs is 1. The number of hydrogen-bond donors (Lipinski definition) is 0. The summed E-state index contributed by atoms with van der Waals surface area (Å²) >= 11 is 0. The lowest BCUT2D eigenvalue weighted by molar-refractivity contribution is -0.384. The number of allylic oxidation sites excluding steroid dienone is 1. The average Bonchev–Trinajstić information content (AvgIpc) is 3.07. The SMILES string of the molecule is Cc1c(OC(=O)c2cccnc2)ccc2c1O/C(=C\c1ccc([N+](=O)[O-])cc1)C2=O. The Morgan fingerprint density at radius 3 is 2.60 bits per heavy atom. The van der Waals surface area contributed by atoms with Crippen molar-refractivity contribution in [1.29, 1.82) is 0 Å². The van der Waals surface area contributed by atoms with Crippen LogP contribution in [0.15, 0.2) is 66.7 Å². The number of ether oxygens (including phenoxy) is 2. The molecule has 0 bridgehead atoms. The van der Waals surface area contributed by atoms with Gasteiger partial charge in [-0.1, -0.05) is 0 Å². The molecule has 0 spiro atoms. The van der Waals surface area contributed by atoms with Crippen LogP contribution in [0.4, 0.5) is 5.69 Å². The number of carbonyl (C=O) groups is 2. The van der Waals surface area contributed by atoms with Crippen molar-refractivity contribution in [2.75, 3.05) is 0 Å². The normalized spacial score (nSPS) is 13.6. The molecule has 0 fully saturated rings. The topological polar surface area (TPSA) is 109 Å². The number of pyridine rings is 1. The van der Waals surface area contributed by atoms with Gasteiger partial charge in [-0.3, -0.25) is 19.9 Å². The average molecular weight is 402 g/mol. The Bertz CT molecular complexity index is 1200. The molecule has 0 radical (unpaired) electrons. The molecule has 1 aliphatic heterocycles. The maximum absolute atomic E-state index is 12.7. The molecular formula is C22H14N2O6. The minimum atomic E-state index is -0.572. The Kier molecular flexibility index (Phi) is 4.81. The van der Waals surface area contributed by atoms with E-state index in [1.807, 2.05) is 0 Å². The number of hydrogen-bond acceptors (Lipinski definition) is 7. The molecule has 0 atom stereocenters. The number of benzene rings is 2. The van der Waals surface area contributed by atoms with E-state index in [-0.39, 0.29) is 23.0 Å². The molecule has 0 saturated carbocycles. The van der Waals surface area contributed by atoms with Crippen molar-refractivity contribution < 1.29 is 24.0 Å². The third-order valence-corrected chi connectivity index (χ3v) is 4.54. The van der Waals surface area contributed by atoms with E-state index < -0.39 is 10.9 Å². The van der Waals surface area contributed by atoms with Gasteiger partial charge in [0.2, 0.25) is 5.78 Å². The standard InChI is InChI=1S/C22H14N2O6/c1-13-18(30-22(26)15-3-2-10-23-12-15)9-8-17-20(25)19(29-21(13)17)11-14-4-6-16(7-5-14)24(27)28/h2-12H,1H3/b19-11-. The summed E-state index contributed by atoms with van der Waals surface area (Å²) in [5.74, 6) is -0.233. The predicted octanol–water partition coefficient (Wildman–Crippen LogP) is 4.13. The number of aromatic nitrogens is 1. The molecule has 0 N–H and O–H groups in total. The zero-order valence-corrected chi connectivity index (χ0v) is 15.7. The third-order valence-electron chi connectivity index (χ3n) is 4.54. The molecule has 1 aliphatic rings. The van der Waals surface area contributed by atoms with Gasteiger partial charge in [-0.15, -0.1) is 0 Å². The molecule has 0 amide bonds. The fraction of sp³-hybridized carbons (Fsp3) is 0.0455. The van der Waals surface area contributed by atoms with Crippen LogP contribution < -0.4 is 9.47 Å². The van der Waals surface area contributed by atoms with Crippen LogP contribution in [0, 0.1) is 17.0 Å². The molecule has 0 saturated heterocycles. The first-order valence-corrected chi connectivity index (χ1v) is 8.88. The molecule has 1 aromatic heterocycles. The quantitative estimate of drug-likeness (QED) is 0.212. The molecular weight excluding hydrogens is 388 g/mol. The van der Waals surface area contributed by atoms with E-state index in [0.717, 1.165) is 0 Å². The Balaban J connectivity index is 1.59. The first-order chi connectivity index (χ1) is 14.4. The maximum atomic E-state index is 12.7. The lowest BCUT2D eigenvalue weighted by Gasteiger charge is -2.10. The summed E-state index contributed by atoms with van der Waals surface area (Å²) < 4.78 is 11.2. The van der Waals surface area contributed by atoms with E-state index >= 15 is 0 Å². The number of carbonyl (C=O) groups excluding carboxylic acids is 2. The van der Waals surface area contributed by atoms with Crippen molar-refractivity contribution >= 4 is 23.5 Å². The Morgan fingerprint density at radius 2 is 1.93 bits per heavy atom. The van der Waals surface area contributed by atoms with Crippen LogP contribution in [-0.2, 0) is 0 Å². The van der Waals surface area contributed by atoms with Crippen LogP contribution >= 0.6 is 0 Å². The van der Waals surface area contributed by atoms with Crippen LogP contribution in [0.5, 0.6) is 11.5 Å². The van der Waals surface area contributed by atoms with Gasteiger partial charge in [-0.05, 0) is 55.0 Å². The third kappa shape index (κ3) is 3.53. The molecule has 2 aromatic carbocycles. The lowest BCUT2D eigenvalue weighted by Crippen LogP contribution is -2.09. The first-order valence-electron chi connectivity index (χ1n) is 8.88. The van der Waals surface area contributed by atoms with Gasteiger partial charge in [0, 0.05) is 30.1 Å². The van der Waals surface area contributed by atoms with Crippen molar-refractivity contribution in [2.24, 2.45) is 0 Å². The van der Waals surface area contributed by atoms with Crippen molar-refractivity contribution in [3.63, 3.8) is 0 Å². The zero-order chi connectivity index (χ0) is 21.3. The second-order valence-corrected chi connectivity index (χ2v) is 6.49. The minimum absolute atomic E-state index is 0.0463. The molecule has 0 aliphatic carbocycles. The van der Waals surface area contributed by atoms with Gasteiger partial charge in [0.1, 0.15) is 11.5 Å². The highest BCUT2D eigenvalue weighted by Gasteiger charge is 2.30. The lowest BCUT2D eigenvalue weighted by atomic mass is 10.1. The van der Waals surface area contributed by atoms with Crippen LogP contribution in [0.25, 0.3) is 6.08 Å². The fourth-order valence-electron chi connectivity index (χ4n) is 2.96. The summed E-state index contributed by atoms with van der Waals surface area (Å²) in [6.07, 6.45) is 4.46. The summed E-state index contributed by atoms with van der Waals surface area (Å²) in [5, 5.41) is 10.8. The number of nitrogens with zero attached hydrogens (tertiary/aromatic N) is 2. The molecule has 30 heavy (non-hydrogen) atoms. The van der Waals surface area contributed by atoms with Crippen LogP contribution in [-0.4, -0.2) is 21.7 Å². The summed E-state index contributed by atoms with van der Waals surface area (Å²) in [7, 11) is 0. The van der Waals surface area contributed by atoms with Gasteiger partial charge >= 0.3 is 5.97 Å². The Labute approximate surface area is 170 Å². The summed E-state index contributed by atoms with van der Waals surface area (Å²) in [6.45, 7) is 1.69. The van der Waals surface area contributed by atoms with Gasteiger partial charge in [-0.2, -0.15) is 0 Å². The fourth-order valence-corrected chi connectivity index (χ4v) is 2.96. The number of nitro benzene ring substituents is 1. The van der Waals surface area contributed by atoms with Crippen LogP contribution in [0.2, 0.25) is 0 Å². The molecule has 8 heteroatoms. The monoisotopic (exact) mass is 402 g/mol. The minimum Gasteiger partial charge on any atom is -0.452 e. The van der Waals surface area contributed by atoms with Gasteiger partial charge < -0.3 is 9.47 Å². The van der Waals surface area contributed by atoms with Gasteiger partial charge in [0.15, 0.2) is 5.76 Å². The van der Waals surface area contributed by atoms with Gasteiger partial charge in [0.05, 0.1) is 16.1 Å². The van der Waals surface area contributed by atoms with Gasteiger partial charge in [-0.25, -0.2) is 4.79 Å². The summed E-state index contributed by atoms with van der Waals surface area (Å²) in [6, 6.07) is 12.0. The van der Waals surface area contributed by atoms with Crippen molar-refractivity contribution in [3.8, 4) is 11.5 Å². The molecule has 2 heterocycles. The van der Waals surface area contributed by atoms with E-state index in [0.29, 0.717) is 28.0 Å². The summed E-state index contributed by atoms with van der Waals surface area (Å²) in [4.78, 5) is 39.1. The zero-order valence-electron chi connectivity index (χ0n) is 15.7. The number of esters is 1. The largest absolute Gasteiger partial charge is 0.452 e. The summed E-state index contributed by atoms with van der Waals surface area (Å²) in [5.41, 5.74) is 1.69. The van der Waals surface area contributed by atoms with E-state index in [1.165, 1.54) is 42.6 Å². The number of nitro groups is 1. The van der Waals surface area contributed by atoms with Gasteiger partial charge in [0.25, 0.3) is 5.69 Å². The second kappa shape index (κ2) is 7.59. The van der Waals surface area contributed by atoms with Crippen molar-refractivity contribution in [1.82, 2.24) is 4.98 Å². The first kappa shape index (κ1) is 19.0. The van der Waals surface area contributed by atoms with E-state index in [4.69, 9.17) is 9.47 Å². The Morgan fingerprint density at radius 1 is 1.17 bits per heavy atom. The molecule has 4 rings (SSSR count). The molecule has 0 unspecified atom stereocenters. The second-order valence-electron chi connectivity index (χ2n) is 6.49. The number of Topliss-reactive ketones (excluding diaryl/α,β-unsaturated/α-hetero) is 1.